The molecule has 0 bridgehead atoms. The highest BCUT2D eigenvalue weighted by molar-refractivity contribution is 5.85. The molecular formula is C17H26Cl2N6. The maximum absolute atomic E-state index is 5.94. The lowest BCUT2D eigenvalue weighted by molar-refractivity contribution is 0.344. The SMILES string of the molecule is Cc1c(CNc2cc(C3CC(N)C3)nc(C3CC3)n2)cnn1C.Cl.Cl. The molecule has 2 aromatic rings. The third-order valence-corrected chi connectivity index (χ3v) is 5.10. The Labute approximate surface area is 160 Å². The molecule has 6 nitrogen and oxygen atoms in total. The van der Waals surface area contributed by atoms with Crippen LogP contribution in [0.15, 0.2) is 12.3 Å². The molecule has 8 heteroatoms. The van der Waals surface area contributed by atoms with Crippen LogP contribution in [0.1, 0.15) is 60.3 Å². The normalized spacial score (nSPS) is 21.7. The van der Waals surface area contributed by atoms with Crippen LogP contribution in [0.25, 0.3) is 0 Å². The van der Waals surface area contributed by atoms with Gasteiger partial charge in [-0.3, -0.25) is 4.68 Å². The van der Waals surface area contributed by atoms with Gasteiger partial charge in [0.05, 0.1) is 6.20 Å². The van der Waals surface area contributed by atoms with Gasteiger partial charge in [-0.2, -0.15) is 5.10 Å². The Bertz CT molecular complexity index is 722. The molecule has 2 aromatic heterocycles. The van der Waals surface area contributed by atoms with E-state index in [-0.39, 0.29) is 24.8 Å². The molecule has 2 saturated carbocycles. The second-order valence-electron chi connectivity index (χ2n) is 6.97. The number of nitrogens with zero attached hydrogens (tertiary/aromatic N) is 4. The highest BCUT2D eigenvalue weighted by Crippen LogP contribution is 2.41. The van der Waals surface area contributed by atoms with E-state index < -0.39 is 0 Å². The van der Waals surface area contributed by atoms with Crippen molar-refractivity contribution in [1.29, 1.82) is 0 Å². The molecule has 25 heavy (non-hydrogen) atoms. The molecule has 0 aliphatic heterocycles. The van der Waals surface area contributed by atoms with Gasteiger partial charge in [0, 0.05) is 54.5 Å². The van der Waals surface area contributed by atoms with E-state index in [4.69, 9.17) is 15.7 Å². The van der Waals surface area contributed by atoms with Gasteiger partial charge in [-0.05, 0) is 32.6 Å². The summed E-state index contributed by atoms with van der Waals surface area (Å²) in [4.78, 5) is 9.53. The lowest BCUT2D eigenvalue weighted by Crippen LogP contribution is -2.35. The maximum Gasteiger partial charge on any atom is 0.134 e. The molecule has 0 spiro atoms. The van der Waals surface area contributed by atoms with Gasteiger partial charge < -0.3 is 11.1 Å². The Hall–Kier alpha value is -1.37. The largest absolute Gasteiger partial charge is 0.366 e. The number of hydrogen-bond donors (Lipinski definition) is 2. The van der Waals surface area contributed by atoms with Crippen LogP contribution in [0.4, 0.5) is 5.82 Å². The van der Waals surface area contributed by atoms with Crippen molar-refractivity contribution in [3.63, 3.8) is 0 Å². The zero-order valence-electron chi connectivity index (χ0n) is 14.6. The summed E-state index contributed by atoms with van der Waals surface area (Å²) < 4.78 is 1.90. The lowest BCUT2D eigenvalue weighted by Gasteiger charge is -2.32. The molecule has 3 N–H and O–H groups in total. The van der Waals surface area contributed by atoms with Crippen LogP contribution in [0.5, 0.6) is 0 Å². The highest BCUT2D eigenvalue weighted by atomic mass is 35.5. The van der Waals surface area contributed by atoms with Crippen LogP contribution in [-0.2, 0) is 13.6 Å². The van der Waals surface area contributed by atoms with Gasteiger partial charge in [-0.1, -0.05) is 0 Å². The minimum Gasteiger partial charge on any atom is -0.366 e. The first-order valence-electron chi connectivity index (χ1n) is 8.46. The second-order valence-corrected chi connectivity index (χ2v) is 6.97. The predicted molar refractivity (Wildman–Crippen MR) is 104 cm³/mol. The van der Waals surface area contributed by atoms with E-state index in [1.807, 2.05) is 17.9 Å². The molecule has 0 saturated heterocycles. The van der Waals surface area contributed by atoms with E-state index in [0.717, 1.165) is 36.7 Å². The Morgan fingerprint density at radius 1 is 1.20 bits per heavy atom. The Morgan fingerprint density at radius 3 is 2.48 bits per heavy atom. The Balaban J connectivity index is 0.00000113. The topological polar surface area (TPSA) is 81.7 Å². The van der Waals surface area contributed by atoms with Crippen molar-refractivity contribution in [3.05, 3.63) is 35.0 Å². The predicted octanol–water partition coefficient (Wildman–Crippen LogP) is 3.06. The van der Waals surface area contributed by atoms with Gasteiger partial charge in [0.2, 0.25) is 0 Å². The average Bonchev–Trinajstić information content (AvgIpc) is 3.31. The van der Waals surface area contributed by atoms with Crippen molar-refractivity contribution >= 4 is 30.6 Å². The first-order chi connectivity index (χ1) is 11.1. The maximum atomic E-state index is 5.94. The summed E-state index contributed by atoms with van der Waals surface area (Å²) in [5.41, 5.74) is 9.48. The Morgan fingerprint density at radius 2 is 1.92 bits per heavy atom. The van der Waals surface area contributed by atoms with Crippen molar-refractivity contribution in [1.82, 2.24) is 19.7 Å². The second kappa shape index (κ2) is 7.89. The number of hydrogen-bond acceptors (Lipinski definition) is 5. The molecular weight excluding hydrogens is 359 g/mol. The molecule has 0 radical (unpaired) electrons. The van der Waals surface area contributed by atoms with Crippen molar-refractivity contribution in [2.24, 2.45) is 12.8 Å². The zero-order chi connectivity index (χ0) is 16.0. The van der Waals surface area contributed by atoms with Crippen LogP contribution < -0.4 is 11.1 Å². The fourth-order valence-electron chi connectivity index (χ4n) is 3.12. The monoisotopic (exact) mass is 384 g/mol. The fraction of sp³-hybridized carbons (Fsp3) is 0.588. The van der Waals surface area contributed by atoms with Crippen LogP contribution in [0, 0.1) is 6.92 Å². The molecule has 2 fully saturated rings. The quantitative estimate of drug-likeness (QED) is 0.827. The first kappa shape index (κ1) is 19.9. The molecule has 2 aliphatic rings. The lowest BCUT2D eigenvalue weighted by atomic mass is 9.78. The number of aryl methyl sites for hydroxylation is 1. The summed E-state index contributed by atoms with van der Waals surface area (Å²) in [5.74, 6) is 3.00. The first-order valence-corrected chi connectivity index (χ1v) is 8.46. The van der Waals surface area contributed by atoms with Crippen LogP contribution in [0.3, 0.4) is 0 Å². The van der Waals surface area contributed by atoms with E-state index in [0.29, 0.717) is 17.9 Å². The average molecular weight is 385 g/mol. The summed E-state index contributed by atoms with van der Waals surface area (Å²) in [7, 11) is 1.96. The number of halogens is 2. The van der Waals surface area contributed by atoms with E-state index in [1.54, 1.807) is 0 Å². The van der Waals surface area contributed by atoms with E-state index in [2.05, 4.69) is 23.4 Å². The van der Waals surface area contributed by atoms with Gasteiger partial charge in [0.25, 0.3) is 0 Å². The third-order valence-electron chi connectivity index (χ3n) is 5.10. The molecule has 2 aliphatic carbocycles. The summed E-state index contributed by atoms with van der Waals surface area (Å²) in [5, 5.41) is 7.75. The summed E-state index contributed by atoms with van der Waals surface area (Å²) in [6.07, 6.45) is 6.44. The molecule has 0 amide bonds. The number of nitrogens with two attached hydrogens (primary N) is 1. The standard InChI is InChI=1S/C17H24N6.2ClH/c1-10-13(9-20-23(10)2)8-19-16-7-15(12-5-14(18)6-12)21-17(22-16)11-3-4-11;;/h7,9,11-12,14H,3-6,8,18H2,1-2H3,(H,19,21,22);2*1H. The van der Waals surface area contributed by atoms with Gasteiger partial charge in [-0.15, -0.1) is 24.8 Å². The number of aromatic nitrogens is 4. The van der Waals surface area contributed by atoms with E-state index >= 15 is 0 Å². The van der Waals surface area contributed by atoms with E-state index in [1.165, 1.54) is 24.1 Å². The van der Waals surface area contributed by atoms with Crippen molar-refractivity contribution in [2.45, 2.75) is 57.0 Å². The molecule has 138 valence electrons. The fourth-order valence-corrected chi connectivity index (χ4v) is 3.12. The molecule has 4 rings (SSSR count). The molecule has 0 unspecified atom stereocenters. The van der Waals surface area contributed by atoms with E-state index in [9.17, 15) is 0 Å². The van der Waals surface area contributed by atoms with Gasteiger partial charge in [0.15, 0.2) is 0 Å². The van der Waals surface area contributed by atoms with Gasteiger partial charge in [-0.25, -0.2) is 9.97 Å². The number of rotatable bonds is 5. The smallest absolute Gasteiger partial charge is 0.134 e. The number of nitrogens with one attached hydrogen (secondary N) is 1. The van der Waals surface area contributed by atoms with Crippen LogP contribution in [0.2, 0.25) is 0 Å². The Kier molecular flexibility index (Phi) is 6.30. The summed E-state index contributed by atoms with van der Waals surface area (Å²) in [6, 6.07) is 2.45. The van der Waals surface area contributed by atoms with Crippen molar-refractivity contribution in [3.8, 4) is 0 Å². The van der Waals surface area contributed by atoms with Crippen LogP contribution >= 0.6 is 24.8 Å². The van der Waals surface area contributed by atoms with Crippen molar-refractivity contribution in [2.75, 3.05) is 5.32 Å². The van der Waals surface area contributed by atoms with Crippen molar-refractivity contribution < 1.29 is 0 Å². The van der Waals surface area contributed by atoms with Crippen LogP contribution in [-0.4, -0.2) is 25.8 Å². The van der Waals surface area contributed by atoms with Gasteiger partial charge >= 0.3 is 0 Å². The van der Waals surface area contributed by atoms with Gasteiger partial charge in [0.1, 0.15) is 11.6 Å². The summed E-state index contributed by atoms with van der Waals surface area (Å²) >= 11 is 0. The minimum absolute atomic E-state index is 0. The third kappa shape index (κ3) is 4.25. The number of anilines is 1. The highest BCUT2D eigenvalue weighted by Gasteiger charge is 2.32. The molecule has 0 atom stereocenters. The minimum atomic E-state index is 0. The molecule has 2 heterocycles. The zero-order valence-corrected chi connectivity index (χ0v) is 16.2. The molecule has 0 aromatic carbocycles. The summed E-state index contributed by atoms with van der Waals surface area (Å²) in [6.45, 7) is 2.82.